The molecule has 3 rings (SSSR count). The van der Waals surface area contributed by atoms with Crippen molar-refractivity contribution in [1.82, 2.24) is 10.2 Å². The molecule has 3 fully saturated rings. The van der Waals surface area contributed by atoms with Gasteiger partial charge in [-0.2, -0.15) is 11.8 Å². The van der Waals surface area contributed by atoms with Crippen molar-refractivity contribution in [2.45, 2.75) is 55.4 Å². The normalized spacial score (nSPS) is 31.7. The number of nitrogens with zero attached hydrogens (tertiary/aromatic N) is 1. The van der Waals surface area contributed by atoms with E-state index < -0.39 is 0 Å². The van der Waals surface area contributed by atoms with Crippen molar-refractivity contribution in [3.63, 3.8) is 0 Å². The van der Waals surface area contributed by atoms with Gasteiger partial charge in [0.05, 0.1) is 6.04 Å². The molecule has 1 unspecified atom stereocenters. The highest BCUT2D eigenvalue weighted by Crippen LogP contribution is 2.47. The summed E-state index contributed by atoms with van der Waals surface area (Å²) in [6.07, 6.45) is 9.49. The van der Waals surface area contributed by atoms with Crippen molar-refractivity contribution in [3.8, 4) is 0 Å². The summed E-state index contributed by atoms with van der Waals surface area (Å²) in [6, 6.07) is 0.758. The Kier molecular flexibility index (Phi) is 3.11. The molecular weight excluding hydrogens is 232 g/mol. The van der Waals surface area contributed by atoms with Gasteiger partial charge in [0.15, 0.2) is 0 Å². The van der Waals surface area contributed by atoms with Crippen LogP contribution in [0.25, 0.3) is 0 Å². The molecule has 1 heterocycles. The van der Waals surface area contributed by atoms with Gasteiger partial charge in [0, 0.05) is 23.9 Å². The van der Waals surface area contributed by atoms with Gasteiger partial charge in [0.25, 0.3) is 0 Å². The Bertz CT molecular complexity index is 313. The number of likely N-dealkylation sites (tertiary alicyclic amines) is 1. The zero-order valence-corrected chi connectivity index (χ0v) is 11.4. The minimum absolute atomic E-state index is 0.119. The lowest BCUT2D eigenvalue weighted by atomic mass is 10.0. The molecule has 0 spiro atoms. The fourth-order valence-corrected chi connectivity index (χ4v) is 3.50. The van der Waals surface area contributed by atoms with E-state index in [4.69, 9.17) is 0 Å². The Hall–Kier alpha value is -0.220. The van der Waals surface area contributed by atoms with Crippen LogP contribution in [0.3, 0.4) is 0 Å². The molecule has 2 aliphatic carbocycles. The number of carbonyl (C=O) groups is 1. The monoisotopic (exact) mass is 254 g/mol. The Labute approximate surface area is 108 Å². The van der Waals surface area contributed by atoms with Gasteiger partial charge in [-0.25, -0.2) is 0 Å². The van der Waals surface area contributed by atoms with Crippen molar-refractivity contribution >= 4 is 17.7 Å². The first-order valence-electron chi connectivity index (χ1n) is 6.82. The average molecular weight is 254 g/mol. The number of piperidine rings is 1. The second-order valence-electron chi connectivity index (χ2n) is 5.78. The molecule has 2 saturated carbocycles. The zero-order valence-electron chi connectivity index (χ0n) is 10.6. The van der Waals surface area contributed by atoms with Crippen molar-refractivity contribution in [2.24, 2.45) is 0 Å². The van der Waals surface area contributed by atoms with Gasteiger partial charge in [-0.15, -0.1) is 0 Å². The summed E-state index contributed by atoms with van der Waals surface area (Å²) in [5.74, 6) is 0.364. The van der Waals surface area contributed by atoms with Gasteiger partial charge in [0.1, 0.15) is 0 Å². The van der Waals surface area contributed by atoms with E-state index in [0.717, 1.165) is 19.5 Å². The minimum atomic E-state index is 0.119. The second kappa shape index (κ2) is 4.47. The zero-order chi connectivity index (χ0) is 11.9. The summed E-state index contributed by atoms with van der Waals surface area (Å²) in [5.41, 5.74) is 0. The Morgan fingerprint density at radius 1 is 1.41 bits per heavy atom. The largest absolute Gasteiger partial charge is 0.340 e. The number of hydrogen-bond acceptors (Lipinski definition) is 3. The molecule has 1 atom stereocenters. The van der Waals surface area contributed by atoms with Crippen molar-refractivity contribution < 1.29 is 4.79 Å². The quantitative estimate of drug-likeness (QED) is 0.809. The topological polar surface area (TPSA) is 32.3 Å². The average Bonchev–Trinajstić information content (AvgIpc) is 3.21. The van der Waals surface area contributed by atoms with Gasteiger partial charge in [-0.3, -0.25) is 4.79 Å². The molecule has 1 amide bonds. The summed E-state index contributed by atoms with van der Waals surface area (Å²) in [5, 5.41) is 3.50. The maximum atomic E-state index is 12.4. The van der Waals surface area contributed by atoms with E-state index >= 15 is 0 Å². The number of nitrogens with one attached hydrogen (secondary N) is 1. The maximum absolute atomic E-state index is 12.4. The van der Waals surface area contributed by atoms with Gasteiger partial charge in [0.2, 0.25) is 5.91 Å². The summed E-state index contributed by atoms with van der Waals surface area (Å²) in [7, 11) is 0. The number of carbonyl (C=O) groups excluding carboxylic acids is 1. The van der Waals surface area contributed by atoms with Crippen LogP contribution in [-0.4, -0.2) is 47.0 Å². The molecule has 0 aromatic heterocycles. The Morgan fingerprint density at radius 3 is 2.76 bits per heavy atom. The molecule has 0 radical (unpaired) electrons. The standard InChI is InChI=1S/C13H22N2OS/c1-17-13(6-7-13)9-15-8-2-3-11(12(15)16)14-10-4-5-10/h10-11,14H,2-9H2,1H3. The number of hydrogen-bond donors (Lipinski definition) is 1. The number of rotatable bonds is 5. The van der Waals surface area contributed by atoms with Crippen LogP contribution >= 0.6 is 11.8 Å². The van der Waals surface area contributed by atoms with E-state index in [-0.39, 0.29) is 6.04 Å². The summed E-state index contributed by atoms with van der Waals surface area (Å²) in [4.78, 5) is 14.5. The Morgan fingerprint density at radius 2 is 2.18 bits per heavy atom. The molecule has 0 aromatic carbocycles. The minimum Gasteiger partial charge on any atom is -0.340 e. The first kappa shape index (κ1) is 11.8. The van der Waals surface area contributed by atoms with Crippen LogP contribution in [0.15, 0.2) is 0 Å². The predicted molar refractivity (Wildman–Crippen MR) is 71.2 cm³/mol. The van der Waals surface area contributed by atoms with E-state index in [1.54, 1.807) is 0 Å². The highest BCUT2D eigenvalue weighted by atomic mass is 32.2. The van der Waals surface area contributed by atoms with Crippen LogP contribution < -0.4 is 5.32 Å². The predicted octanol–water partition coefficient (Wildman–Crippen LogP) is 1.62. The molecule has 4 heteroatoms. The molecule has 1 saturated heterocycles. The van der Waals surface area contributed by atoms with Crippen LogP contribution in [0, 0.1) is 0 Å². The van der Waals surface area contributed by atoms with Crippen LogP contribution in [0.4, 0.5) is 0 Å². The molecule has 3 nitrogen and oxygen atoms in total. The van der Waals surface area contributed by atoms with Crippen LogP contribution in [-0.2, 0) is 4.79 Å². The van der Waals surface area contributed by atoms with E-state index in [1.165, 1.54) is 32.1 Å². The van der Waals surface area contributed by atoms with Crippen molar-refractivity contribution in [3.05, 3.63) is 0 Å². The number of amides is 1. The molecule has 96 valence electrons. The van der Waals surface area contributed by atoms with E-state index in [0.29, 0.717) is 16.7 Å². The molecule has 0 aromatic rings. The third-order valence-electron chi connectivity index (χ3n) is 4.26. The third kappa shape index (κ3) is 2.63. The Balaban J connectivity index is 1.58. The smallest absolute Gasteiger partial charge is 0.239 e. The molecule has 17 heavy (non-hydrogen) atoms. The van der Waals surface area contributed by atoms with Crippen molar-refractivity contribution in [2.75, 3.05) is 19.3 Å². The molecule has 3 aliphatic rings. The van der Waals surface area contributed by atoms with E-state index in [1.807, 2.05) is 11.8 Å². The molecule has 0 bridgehead atoms. The maximum Gasteiger partial charge on any atom is 0.239 e. The summed E-state index contributed by atoms with van der Waals surface area (Å²) < 4.78 is 0.414. The van der Waals surface area contributed by atoms with Gasteiger partial charge < -0.3 is 10.2 Å². The SMILES string of the molecule is CSC1(CN2CCCC(NC3CC3)C2=O)CC1. The molecular formula is C13H22N2OS. The second-order valence-corrected chi connectivity index (χ2v) is 7.06. The van der Waals surface area contributed by atoms with Crippen molar-refractivity contribution in [1.29, 1.82) is 0 Å². The van der Waals surface area contributed by atoms with Gasteiger partial charge in [-0.1, -0.05) is 0 Å². The fraction of sp³-hybridized carbons (Fsp3) is 0.923. The lowest BCUT2D eigenvalue weighted by molar-refractivity contribution is -0.136. The molecule has 1 aliphatic heterocycles. The highest BCUT2D eigenvalue weighted by Gasteiger charge is 2.45. The first-order valence-corrected chi connectivity index (χ1v) is 8.05. The lowest BCUT2D eigenvalue weighted by Crippen LogP contribution is -2.53. The summed E-state index contributed by atoms with van der Waals surface area (Å²) in [6.45, 7) is 1.96. The molecule has 1 N–H and O–H groups in total. The highest BCUT2D eigenvalue weighted by molar-refractivity contribution is 8.00. The van der Waals surface area contributed by atoms with Gasteiger partial charge in [-0.05, 0) is 44.8 Å². The lowest BCUT2D eigenvalue weighted by Gasteiger charge is -2.35. The fourth-order valence-electron chi connectivity index (χ4n) is 2.70. The van der Waals surface area contributed by atoms with Crippen LogP contribution in [0.2, 0.25) is 0 Å². The van der Waals surface area contributed by atoms with Gasteiger partial charge >= 0.3 is 0 Å². The number of thioether (sulfide) groups is 1. The summed E-state index contributed by atoms with van der Waals surface area (Å²) >= 11 is 1.95. The van der Waals surface area contributed by atoms with Crippen LogP contribution in [0.5, 0.6) is 0 Å². The van der Waals surface area contributed by atoms with Crippen LogP contribution in [0.1, 0.15) is 38.5 Å². The van der Waals surface area contributed by atoms with E-state index in [9.17, 15) is 4.79 Å². The first-order chi connectivity index (χ1) is 8.22. The third-order valence-corrected chi connectivity index (χ3v) is 5.67. The van der Waals surface area contributed by atoms with E-state index in [2.05, 4.69) is 16.5 Å².